The Hall–Kier alpha value is -2.62. The van der Waals surface area contributed by atoms with Gasteiger partial charge in [-0.15, -0.1) is 0 Å². The molecule has 1 aliphatic rings. The largest absolute Gasteiger partial charge is 0.445 e. The van der Waals surface area contributed by atoms with Crippen molar-refractivity contribution < 1.29 is 14.3 Å². The number of carbonyl (C=O) groups is 2. The third-order valence-corrected chi connectivity index (χ3v) is 3.76. The van der Waals surface area contributed by atoms with Gasteiger partial charge in [-0.2, -0.15) is 0 Å². The van der Waals surface area contributed by atoms with Crippen molar-refractivity contribution in [2.24, 2.45) is 0 Å². The van der Waals surface area contributed by atoms with Crippen LogP contribution < -0.4 is 5.32 Å². The van der Waals surface area contributed by atoms with Crippen LogP contribution in [-0.2, 0) is 16.1 Å². The summed E-state index contributed by atoms with van der Waals surface area (Å²) in [5.74, 6) is 0.0722. The zero-order valence-corrected chi connectivity index (χ0v) is 12.1. The molecule has 4 heteroatoms. The first kappa shape index (κ1) is 14.3. The van der Waals surface area contributed by atoms with Gasteiger partial charge in [-0.3, -0.25) is 4.79 Å². The van der Waals surface area contributed by atoms with Crippen LogP contribution in [0, 0.1) is 0 Å². The molecule has 0 spiro atoms. The Morgan fingerprint density at radius 1 is 1.09 bits per heavy atom. The summed E-state index contributed by atoms with van der Waals surface area (Å²) in [7, 11) is 0. The molecule has 1 aliphatic carbocycles. The van der Waals surface area contributed by atoms with Crippen LogP contribution in [0.25, 0.3) is 11.1 Å². The number of hydrogen-bond acceptors (Lipinski definition) is 3. The first-order chi connectivity index (χ1) is 10.7. The molecule has 0 aromatic heterocycles. The molecule has 0 bridgehead atoms. The van der Waals surface area contributed by atoms with Crippen LogP contribution in [0.1, 0.15) is 18.4 Å². The zero-order valence-electron chi connectivity index (χ0n) is 12.1. The van der Waals surface area contributed by atoms with Crippen LogP contribution in [0.4, 0.5) is 4.79 Å². The molecule has 0 unspecified atom stereocenters. The second-order valence-corrected chi connectivity index (χ2v) is 5.34. The number of Topliss-reactive ketones (excluding diaryl/α,β-unsaturated/α-hetero) is 1. The summed E-state index contributed by atoms with van der Waals surface area (Å²) in [6, 6.07) is 17.5. The highest BCUT2D eigenvalue weighted by Crippen LogP contribution is 2.20. The molecule has 2 aromatic rings. The Morgan fingerprint density at radius 3 is 2.55 bits per heavy atom. The van der Waals surface area contributed by atoms with Gasteiger partial charge in [0.15, 0.2) is 5.78 Å². The van der Waals surface area contributed by atoms with Crippen LogP contribution in [0.2, 0.25) is 0 Å². The Morgan fingerprint density at radius 2 is 1.86 bits per heavy atom. The molecular formula is C18H17NO3. The van der Waals surface area contributed by atoms with E-state index in [0.29, 0.717) is 12.8 Å². The molecule has 0 heterocycles. The van der Waals surface area contributed by atoms with Gasteiger partial charge in [0.2, 0.25) is 0 Å². The second kappa shape index (κ2) is 6.43. The lowest BCUT2D eigenvalue weighted by Crippen LogP contribution is -2.47. The molecule has 22 heavy (non-hydrogen) atoms. The molecule has 1 saturated carbocycles. The number of hydrogen-bond donors (Lipinski definition) is 1. The summed E-state index contributed by atoms with van der Waals surface area (Å²) in [6.45, 7) is 0.188. The highest BCUT2D eigenvalue weighted by molar-refractivity contribution is 5.92. The van der Waals surface area contributed by atoms with Crippen molar-refractivity contribution in [1.29, 1.82) is 0 Å². The topological polar surface area (TPSA) is 55.4 Å². The van der Waals surface area contributed by atoms with Gasteiger partial charge in [-0.1, -0.05) is 48.5 Å². The van der Waals surface area contributed by atoms with Crippen LogP contribution in [-0.4, -0.2) is 17.9 Å². The van der Waals surface area contributed by atoms with Gasteiger partial charge in [0.1, 0.15) is 6.61 Å². The van der Waals surface area contributed by atoms with Crippen molar-refractivity contribution in [1.82, 2.24) is 5.32 Å². The number of ketones is 1. The van der Waals surface area contributed by atoms with Crippen molar-refractivity contribution in [2.45, 2.75) is 25.5 Å². The lowest BCUT2D eigenvalue weighted by atomic mass is 9.91. The van der Waals surface area contributed by atoms with E-state index in [0.717, 1.165) is 16.7 Å². The third-order valence-electron chi connectivity index (χ3n) is 3.76. The van der Waals surface area contributed by atoms with Crippen LogP contribution >= 0.6 is 0 Å². The molecular weight excluding hydrogens is 278 g/mol. The van der Waals surface area contributed by atoms with Crippen molar-refractivity contribution in [3.05, 3.63) is 60.2 Å². The maximum absolute atomic E-state index is 11.6. The first-order valence-electron chi connectivity index (χ1n) is 7.33. The summed E-state index contributed by atoms with van der Waals surface area (Å²) in [5, 5.41) is 2.57. The van der Waals surface area contributed by atoms with Gasteiger partial charge in [0.05, 0.1) is 6.04 Å². The smallest absolute Gasteiger partial charge is 0.408 e. The predicted molar refractivity (Wildman–Crippen MR) is 83.2 cm³/mol. The highest BCUT2D eigenvalue weighted by atomic mass is 16.5. The second-order valence-electron chi connectivity index (χ2n) is 5.34. The summed E-state index contributed by atoms with van der Waals surface area (Å²) < 4.78 is 5.17. The number of rotatable bonds is 4. The fraction of sp³-hybridized carbons (Fsp3) is 0.222. The van der Waals surface area contributed by atoms with E-state index in [1.807, 2.05) is 54.6 Å². The van der Waals surface area contributed by atoms with Crippen molar-refractivity contribution >= 4 is 11.9 Å². The summed E-state index contributed by atoms with van der Waals surface area (Å²) >= 11 is 0. The normalized spacial score (nSPS) is 16.7. The average Bonchev–Trinajstić information content (AvgIpc) is 2.57. The van der Waals surface area contributed by atoms with Gasteiger partial charge in [-0.25, -0.2) is 4.79 Å². The molecule has 0 saturated heterocycles. The standard InChI is InChI=1S/C18H17NO3/c20-17-10-9-16(17)19-18(21)22-12-13-5-4-8-15(11-13)14-6-2-1-3-7-14/h1-8,11,16H,9-10,12H2,(H,19,21)/t16-/m0/s1. The summed E-state index contributed by atoms with van der Waals surface area (Å²) in [6.07, 6.45) is 0.713. The average molecular weight is 295 g/mol. The number of nitrogens with one attached hydrogen (secondary N) is 1. The van der Waals surface area contributed by atoms with E-state index in [1.165, 1.54) is 0 Å². The molecule has 112 valence electrons. The minimum atomic E-state index is -0.539. The number of ether oxygens (including phenoxy) is 1. The number of benzene rings is 2. The van der Waals surface area contributed by atoms with E-state index in [1.54, 1.807) is 0 Å². The fourth-order valence-corrected chi connectivity index (χ4v) is 2.36. The monoisotopic (exact) mass is 295 g/mol. The van der Waals surface area contributed by atoms with Gasteiger partial charge in [0, 0.05) is 6.42 Å². The Balaban J connectivity index is 1.59. The minimum Gasteiger partial charge on any atom is -0.445 e. The maximum atomic E-state index is 11.6. The van der Waals surface area contributed by atoms with Gasteiger partial charge in [-0.05, 0) is 29.2 Å². The van der Waals surface area contributed by atoms with E-state index >= 15 is 0 Å². The van der Waals surface area contributed by atoms with Crippen LogP contribution in [0.5, 0.6) is 0 Å². The predicted octanol–water partition coefficient (Wildman–Crippen LogP) is 3.31. The van der Waals surface area contributed by atoms with Crippen molar-refractivity contribution in [3.63, 3.8) is 0 Å². The summed E-state index contributed by atoms with van der Waals surface area (Å²) in [5.41, 5.74) is 3.11. The van der Waals surface area contributed by atoms with Crippen molar-refractivity contribution in [2.75, 3.05) is 0 Å². The van der Waals surface area contributed by atoms with E-state index in [9.17, 15) is 9.59 Å². The van der Waals surface area contributed by atoms with Crippen molar-refractivity contribution in [3.8, 4) is 11.1 Å². The minimum absolute atomic E-state index is 0.0722. The Kier molecular flexibility index (Phi) is 4.19. The van der Waals surface area contributed by atoms with Crippen LogP contribution in [0.15, 0.2) is 54.6 Å². The van der Waals surface area contributed by atoms with E-state index in [2.05, 4.69) is 5.32 Å². The number of carbonyl (C=O) groups excluding carboxylic acids is 2. The molecule has 1 fully saturated rings. The van der Waals surface area contributed by atoms with Gasteiger partial charge in [0.25, 0.3) is 0 Å². The molecule has 1 amide bonds. The SMILES string of the molecule is O=C(N[C@H]1CCC1=O)OCc1cccc(-c2ccccc2)c1. The van der Waals surface area contributed by atoms with Crippen LogP contribution in [0.3, 0.4) is 0 Å². The number of alkyl carbamates (subject to hydrolysis) is 1. The Bertz CT molecular complexity index is 682. The molecule has 4 nitrogen and oxygen atoms in total. The Labute approximate surface area is 129 Å². The molecule has 0 radical (unpaired) electrons. The van der Waals surface area contributed by atoms with E-state index in [-0.39, 0.29) is 18.4 Å². The lowest BCUT2D eigenvalue weighted by molar-refractivity contribution is -0.126. The van der Waals surface area contributed by atoms with E-state index < -0.39 is 6.09 Å². The highest BCUT2D eigenvalue weighted by Gasteiger charge is 2.29. The molecule has 0 aliphatic heterocycles. The quantitative estimate of drug-likeness (QED) is 0.941. The van der Waals surface area contributed by atoms with E-state index in [4.69, 9.17) is 4.74 Å². The molecule has 3 rings (SSSR count). The maximum Gasteiger partial charge on any atom is 0.408 e. The van der Waals surface area contributed by atoms with Gasteiger partial charge >= 0.3 is 6.09 Å². The molecule has 1 atom stereocenters. The fourth-order valence-electron chi connectivity index (χ4n) is 2.36. The zero-order chi connectivity index (χ0) is 15.4. The lowest BCUT2D eigenvalue weighted by Gasteiger charge is -2.24. The van der Waals surface area contributed by atoms with Gasteiger partial charge < -0.3 is 10.1 Å². The number of amides is 1. The third kappa shape index (κ3) is 3.34. The molecule has 1 N–H and O–H groups in total. The molecule has 2 aromatic carbocycles. The summed E-state index contributed by atoms with van der Waals surface area (Å²) in [4.78, 5) is 22.8. The first-order valence-corrected chi connectivity index (χ1v) is 7.33.